The summed E-state index contributed by atoms with van der Waals surface area (Å²) < 4.78 is 30.9. The molecule has 2 N–H and O–H groups in total. The minimum atomic E-state index is -0.723. The molecule has 1 amide bonds. The van der Waals surface area contributed by atoms with Gasteiger partial charge in [0.1, 0.15) is 17.9 Å². The number of carbonyl (C=O) groups excluding carboxylic acids is 1. The van der Waals surface area contributed by atoms with Crippen LogP contribution in [0.25, 0.3) is 0 Å². The molecule has 2 rings (SSSR count). The van der Waals surface area contributed by atoms with Crippen LogP contribution in [0.15, 0.2) is 28.9 Å². The summed E-state index contributed by atoms with van der Waals surface area (Å²) in [6, 6.07) is 3.20. The maximum absolute atomic E-state index is 13.3. The lowest BCUT2D eigenvalue weighted by Gasteiger charge is -1.99. The van der Waals surface area contributed by atoms with Crippen molar-refractivity contribution in [3.63, 3.8) is 0 Å². The Hall–Kier alpha value is -1.95. The van der Waals surface area contributed by atoms with Gasteiger partial charge >= 0.3 is 0 Å². The summed E-state index contributed by atoms with van der Waals surface area (Å²) in [5.41, 5.74) is 5.19. The van der Waals surface area contributed by atoms with E-state index in [1.165, 1.54) is 6.07 Å². The van der Waals surface area contributed by atoms with Gasteiger partial charge in [0, 0.05) is 6.07 Å². The van der Waals surface area contributed by atoms with Gasteiger partial charge < -0.3 is 10.2 Å². The first-order valence-electron chi connectivity index (χ1n) is 4.74. The Labute approximate surface area is 107 Å². The molecule has 0 aliphatic rings. The van der Waals surface area contributed by atoms with E-state index in [4.69, 9.17) is 10.2 Å². The molecular weight excluding hydrogens is 266 g/mol. The molecule has 0 aliphatic heterocycles. The van der Waals surface area contributed by atoms with E-state index in [1.54, 1.807) is 0 Å². The van der Waals surface area contributed by atoms with Gasteiger partial charge in [-0.1, -0.05) is 6.07 Å². The Kier molecular flexibility index (Phi) is 4.38. The van der Waals surface area contributed by atoms with E-state index in [0.717, 1.165) is 18.4 Å². The second-order valence-corrected chi connectivity index (χ2v) is 3.40. The van der Waals surface area contributed by atoms with Crippen LogP contribution in [0.1, 0.15) is 21.9 Å². The molecule has 0 fully saturated rings. The Bertz CT molecular complexity index is 572. The number of oxazole rings is 1. The Morgan fingerprint density at radius 1 is 1.39 bits per heavy atom. The molecule has 1 heterocycles. The maximum atomic E-state index is 13.3. The number of halogens is 3. The second kappa shape index (κ2) is 5.59. The minimum Gasteiger partial charge on any atom is -0.448 e. The van der Waals surface area contributed by atoms with E-state index < -0.39 is 17.5 Å². The number of benzene rings is 1. The minimum absolute atomic E-state index is 0. The number of hydrogen-bond donors (Lipinski definition) is 1. The fraction of sp³-hybridized carbons (Fsp3) is 0.0909. The predicted octanol–water partition coefficient (Wildman–Crippen LogP) is 2.06. The van der Waals surface area contributed by atoms with Crippen molar-refractivity contribution in [3.8, 4) is 0 Å². The fourth-order valence-corrected chi connectivity index (χ4v) is 1.33. The first kappa shape index (κ1) is 14.1. The van der Waals surface area contributed by atoms with Crippen molar-refractivity contribution in [2.45, 2.75) is 6.42 Å². The molecule has 1 aromatic heterocycles. The normalized spacial score (nSPS) is 9.89. The van der Waals surface area contributed by atoms with Crippen LogP contribution in [-0.4, -0.2) is 10.9 Å². The third-order valence-electron chi connectivity index (χ3n) is 2.16. The standard InChI is InChI=1S/C11H8F2N2O2.ClH/c12-7-2-1-6(8(13)4-7)3-10-15-9(5-17-10)11(14)16;/h1-2,4-5H,3H2,(H2,14,16);1H. The first-order valence-corrected chi connectivity index (χ1v) is 4.74. The number of hydrogen-bond acceptors (Lipinski definition) is 3. The molecule has 0 saturated heterocycles. The van der Waals surface area contributed by atoms with Crippen LogP contribution >= 0.6 is 12.4 Å². The van der Waals surface area contributed by atoms with E-state index in [0.29, 0.717) is 0 Å². The molecule has 1 aromatic carbocycles. The summed E-state index contributed by atoms with van der Waals surface area (Å²) in [5, 5.41) is 0. The number of nitrogens with two attached hydrogens (primary N) is 1. The van der Waals surface area contributed by atoms with Gasteiger partial charge in [-0.15, -0.1) is 12.4 Å². The number of carbonyl (C=O) groups is 1. The molecule has 0 aliphatic carbocycles. The third-order valence-corrected chi connectivity index (χ3v) is 2.16. The highest BCUT2D eigenvalue weighted by Gasteiger charge is 2.11. The van der Waals surface area contributed by atoms with Crippen molar-refractivity contribution < 1.29 is 18.0 Å². The van der Waals surface area contributed by atoms with E-state index in [2.05, 4.69) is 4.98 Å². The lowest BCUT2D eigenvalue weighted by atomic mass is 10.1. The molecule has 0 radical (unpaired) electrons. The molecule has 7 heteroatoms. The second-order valence-electron chi connectivity index (χ2n) is 3.40. The highest BCUT2D eigenvalue weighted by atomic mass is 35.5. The highest BCUT2D eigenvalue weighted by molar-refractivity contribution is 5.90. The molecule has 18 heavy (non-hydrogen) atoms. The number of primary amides is 1. The summed E-state index contributed by atoms with van der Waals surface area (Å²) in [6.45, 7) is 0. The van der Waals surface area contributed by atoms with E-state index >= 15 is 0 Å². The average molecular weight is 275 g/mol. The monoisotopic (exact) mass is 274 g/mol. The summed E-state index contributed by atoms with van der Waals surface area (Å²) in [6.07, 6.45) is 1.12. The van der Waals surface area contributed by atoms with Gasteiger partial charge in [-0.2, -0.15) is 0 Å². The van der Waals surface area contributed by atoms with E-state index in [9.17, 15) is 13.6 Å². The summed E-state index contributed by atoms with van der Waals surface area (Å²) in [5.74, 6) is -1.93. The molecule has 0 spiro atoms. The Morgan fingerprint density at radius 3 is 2.67 bits per heavy atom. The van der Waals surface area contributed by atoms with Gasteiger partial charge in [0.2, 0.25) is 0 Å². The molecule has 0 atom stereocenters. The molecule has 2 aromatic rings. The lowest BCUT2D eigenvalue weighted by Crippen LogP contribution is -2.11. The number of nitrogens with zero attached hydrogens (tertiary/aromatic N) is 1. The SMILES string of the molecule is Cl.NC(=O)c1coc(Cc2ccc(F)cc2F)n1. The first-order chi connectivity index (χ1) is 8.06. The summed E-state index contributed by atoms with van der Waals surface area (Å²) in [4.78, 5) is 14.5. The number of amides is 1. The van der Waals surface area contributed by atoms with Crippen LogP contribution in [0.3, 0.4) is 0 Å². The molecule has 0 unspecified atom stereocenters. The highest BCUT2D eigenvalue weighted by Crippen LogP contribution is 2.14. The fourth-order valence-electron chi connectivity index (χ4n) is 1.33. The van der Waals surface area contributed by atoms with Crippen LogP contribution in [0.5, 0.6) is 0 Å². The Morgan fingerprint density at radius 2 is 2.11 bits per heavy atom. The van der Waals surface area contributed by atoms with Crippen molar-refractivity contribution in [1.29, 1.82) is 0 Å². The van der Waals surface area contributed by atoms with Gasteiger partial charge in [0.25, 0.3) is 5.91 Å². The van der Waals surface area contributed by atoms with Gasteiger partial charge in [0.15, 0.2) is 11.6 Å². The maximum Gasteiger partial charge on any atom is 0.270 e. The van der Waals surface area contributed by atoms with Crippen LogP contribution in [0, 0.1) is 11.6 Å². The van der Waals surface area contributed by atoms with Crippen molar-refractivity contribution in [3.05, 3.63) is 53.2 Å². The number of aromatic nitrogens is 1. The van der Waals surface area contributed by atoms with Crippen LogP contribution in [0.4, 0.5) is 8.78 Å². The van der Waals surface area contributed by atoms with Crippen LogP contribution in [-0.2, 0) is 6.42 Å². The van der Waals surface area contributed by atoms with Gasteiger partial charge in [-0.05, 0) is 11.6 Å². The topological polar surface area (TPSA) is 69.1 Å². The van der Waals surface area contributed by atoms with Crippen molar-refractivity contribution >= 4 is 18.3 Å². The average Bonchev–Trinajstić information content (AvgIpc) is 2.71. The van der Waals surface area contributed by atoms with Crippen LogP contribution < -0.4 is 5.73 Å². The van der Waals surface area contributed by atoms with Crippen molar-refractivity contribution in [1.82, 2.24) is 4.98 Å². The zero-order valence-electron chi connectivity index (χ0n) is 9.02. The summed E-state index contributed by atoms with van der Waals surface area (Å²) >= 11 is 0. The van der Waals surface area contributed by atoms with E-state index in [-0.39, 0.29) is 36.0 Å². The molecule has 0 saturated carbocycles. The molecular formula is C11H9ClF2N2O2. The largest absolute Gasteiger partial charge is 0.448 e. The molecule has 96 valence electrons. The lowest BCUT2D eigenvalue weighted by molar-refractivity contribution is 0.0995. The molecule has 0 bridgehead atoms. The third kappa shape index (κ3) is 3.04. The van der Waals surface area contributed by atoms with Crippen LogP contribution in [0.2, 0.25) is 0 Å². The molecule has 4 nitrogen and oxygen atoms in total. The zero-order chi connectivity index (χ0) is 12.4. The zero-order valence-corrected chi connectivity index (χ0v) is 9.84. The quantitative estimate of drug-likeness (QED) is 0.931. The summed E-state index contributed by atoms with van der Waals surface area (Å²) in [7, 11) is 0. The van der Waals surface area contributed by atoms with Gasteiger partial charge in [-0.25, -0.2) is 13.8 Å². The van der Waals surface area contributed by atoms with E-state index in [1.807, 2.05) is 0 Å². The Balaban J connectivity index is 0.00000162. The van der Waals surface area contributed by atoms with Gasteiger partial charge in [0.05, 0.1) is 6.42 Å². The van der Waals surface area contributed by atoms with Gasteiger partial charge in [-0.3, -0.25) is 4.79 Å². The smallest absolute Gasteiger partial charge is 0.270 e. The van der Waals surface area contributed by atoms with Crippen molar-refractivity contribution in [2.75, 3.05) is 0 Å². The predicted molar refractivity (Wildman–Crippen MR) is 61.4 cm³/mol. The number of rotatable bonds is 3. The van der Waals surface area contributed by atoms with Crippen molar-refractivity contribution in [2.24, 2.45) is 5.73 Å².